The van der Waals surface area contributed by atoms with E-state index in [1.807, 2.05) is 45.0 Å². The van der Waals surface area contributed by atoms with Crippen LogP contribution in [0.3, 0.4) is 0 Å². The van der Waals surface area contributed by atoms with Crippen LogP contribution < -0.4 is 10.6 Å². The number of nitrogens with zero attached hydrogens (tertiary/aromatic N) is 2. The van der Waals surface area contributed by atoms with Gasteiger partial charge in [-0.15, -0.1) is 0 Å². The molecule has 0 aliphatic carbocycles. The van der Waals surface area contributed by atoms with Crippen molar-refractivity contribution in [1.82, 2.24) is 15.0 Å². The van der Waals surface area contributed by atoms with Crippen LogP contribution >= 0.6 is 0 Å². The number of hydrogen-bond acceptors (Lipinski definition) is 6. The Labute approximate surface area is 192 Å². The zero-order valence-electron chi connectivity index (χ0n) is 18.8. The van der Waals surface area contributed by atoms with Gasteiger partial charge < -0.3 is 25.1 Å². The van der Waals surface area contributed by atoms with Gasteiger partial charge in [-0.1, -0.05) is 29.8 Å². The quantitative estimate of drug-likeness (QED) is 0.295. The number of imidazole rings is 1. The fourth-order valence-corrected chi connectivity index (χ4v) is 3.86. The minimum Gasteiger partial charge on any atom is -0.480 e. The third-order valence-electron chi connectivity index (χ3n) is 5.42. The Morgan fingerprint density at radius 1 is 1.15 bits per heavy atom. The maximum Gasteiger partial charge on any atom is 0.326 e. The van der Waals surface area contributed by atoms with Gasteiger partial charge in [-0.2, -0.15) is 0 Å². The highest BCUT2D eigenvalue weighted by molar-refractivity contribution is 5.79. The van der Waals surface area contributed by atoms with Gasteiger partial charge in [-0.3, -0.25) is 0 Å². The van der Waals surface area contributed by atoms with Gasteiger partial charge in [0.1, 0.15) is 12.3 Å². The van der Waals surface area contributed by atoms with E-state index in [2.05, 4.69) is 37.7 Å². The first kappa shape index (κ1) is 22.1. The number of aromatic amines is 1. The first-order valence-electron chi connectivity index (χ1n) is 10.7. The Hall–Kier alpha value is -4.07. The number of rotatable bonds is 9. The minimum atomic E-state index is -0.889. The fourth-order valence-electron chi connectivity index (χ4n) is 3.86. The zero-order chi connectivity index (χ0) is 23.4. The number of hydrogen-bond donors (Lipinski definition) is 4. The molecule has 1 atom stereocenters. The lowest BCUT2D eigenvalue weighted by atomic mass is 10.0. The number of benzene rings is 2. The molecule has 4 N–H and O–H groups in total. The van der Waals surface area contributed by atoms with E-state index in [4.69, 9.17) is 4.42 Å². The molecule has 170 valence electrons. The molecule has 2 aromatic carbocycles. The molecule has 0 aliphatic rings. The maximum absolute atomic E-state index is 11.9. The van der Waals surface area contributed by atoms with E-state index < -0.39 is 12.0 Å². The van der Waals surface area contributed by atoms with Gasteiger partial charge >= 0.3 is 5.97 Å². The molecule has 2 heterocycles. The standard InChI is InChI=1S/C25H27N5O3/c1-15-10-16(2)22(17(3)11-15)30-21(24(31)32)12-18-4-6-19(7-5-18)23-29-20(14-33-23)13-28-25-26-8-9-27-25/h4-11,14,21,30H,12-13H2,1-3H3,(H,31,32)(H2,26,27,28). The number of aryl methyl sites for hydroxylation is 3. The molecule has 8 nitrogen and oxygen atoms in total. The molecule has 33 heavy (non-hydrogen) atoms. The summed E-state index contributed by atoms with van der Waals surface area (Å²) in [5, 5.41) is 16.1. The van der Waals surface area contributed by atoms with Crippen LogP contribution in [0.4, 0.5) is 11.6 Å². The summed E-state index contributed by atoms with van der Waals surface area (Å²) in [6.45, 7) is 6.50. The van der Waals surface area contributed by atoms with Gasteiger partial charge in [0.2, 0.25) is 5.89 Å². The second-order valence-corrected chi connectivity index (χ2v) is 8.15. The summed E-state index contributed by atoms with van der Waals surface area (Å²) in [6.07, 6.45) is 5.37. The predicted octanol–water partition coefficient (Wildman–Crippen LogP) is 4.71. The molecule has 8 heteroatoms. The van der Waals surface area contributed by atoms with E-state index in [1.54, 1.807) is 18.7 Å². The normalized spacial score (nSPS) is 11.8. The van der Waals surface area contributed by atoms with Crippen LogP contribution in [-0.4, -0.2) is 32.1 Å². The molecule has 4 rings (SSSR count). The van der Waals surface area contributed by atoms with Crippen molar-refractivity contribution in [2.24, 2.45) is 0 Å². The zero-order valence-corrected chi connectivity index (χ0v) is 18.8. The van der Waals surface area contributed by atoms with E-state index in [1.165, 1.54) is 0 Å². The van der Waals surface area contributed by atoms with Crippen molar-refractivity contribution >= 4 is 17.6 Å². The van der Waals surface area contributed by atoms with Crippen molar-refractivity contribution in [1.29, 1.82) is 0 Å². The monoisotopic (exact) mass is 445 g/mol. The summed E-state index contributed by atoms with van der Waals surface area (Å²) in [5.41, 5.74) is 6.60. The van der Waals surface area contributed by atoms with Crippen LogP contribution in [0.2, 0.25) is 0 Å². The summed E-state index contributed by atoms with van der Waals surface area (Å²) < 4.78 is 5.61. The average molecular weight is 446 g/mol. The Balaban J connectivity index is 1.42. The van der Waals surface area contributed by atoms with Gasteiger partial charge in [0.15, 0.2) is 5.95 Å². The molecule has 0 radical (unpaired) electrons. The third-order valence-corrected chi connectivity index (χ3v) is 5.42. The smallest absolute Gasteiger partial charge is 0.326 e. The maximum atomic E-state index is 11.9. The summed E-state index contributed by atoms with van der Waals surface area (Å²) in [7, 11) is 0. The van der Waals surface area contributed by atoms with Crippen molar-refractivity contribution in [2.75, 3.05) is 10.6 Å². The van der Waals surface area contributed by atoms with E-state index in [0.717, 1.165) is 39.2 Å². The number of H-pyrrole nitrogens is 1. The second-order valence-electron chi connectivity index (χ2n) is 8.15. The molecule has 2 aromatic heterocycles. The summed E-state index contributed by atoms with van der Waals surface area (Å²) in [4.78, 5) is 23.5. The summed E-state index contributed by atoms with van der Waals surface area (Å²) >= 11 is 0. The van der Waals surface area contributed by atoms with Crippen molar-refractivity contribution in [3.05, 3.63) is 83.0 Å². The van der Waals surface area contributed by atoms with Crippen LogP contribution in [0.5, 0.6) is 0 Å². The molecule has 4 aromatic rings. The molecule has 1 unspecified atom stereocenters. The van der Waals surface area contributed by atoms with E-state index in [0.29, 0.717) is 24.8 Å². The largest absolute Gasteiger partial charge is 0.480 e. The Bertz CT molecular complexity index is 1210. The summed E-state index contributed by atoms with van der Waals surface area (Å²) in [5.74, 6) is 0.290. The Morgan fingerprint density at radius 3 is 2.52 bits per heavy atom. The molecule has 0 bridgehead atoms. The fraction of sp³-hybridized carbons (Fsp3) is 0.240. The molecular formula is C25H27N5O3. The van der Waals surface area contributed by atoms with Crippen molar-refractivity contribution < 1.29 is 14.3 Å². The van der Waals surface area contributed by atoms with Gasteiger partial charge in [-0.25, -0.2) is 14.8 Å². The number of carboxylic acid groups (broad SMARTS) is 1. The van der Waals surface area contributed by atoms with Crippen molar-refractivity contribution in [3.8, 4) is 11.5 Å². The molecule has 0 saturated heterocycles. The van der Waals surface area contributed by atoms with Crippen LogP contribution in [-0.2, 0) is 17.8 Å². The number of carbonyl (C=O) groups is 1. The highest BCUT2D eigenvalue weighted by Gasteiger charge is 2.20. The van der Waals surface area contributed by atoms with Crippen molar-refractivity contribution in [3.63, 3.8) is 0 Å². The first-order chi connectivity index (χ1) is 15.9. The van der Waals surface area contributed by atoms with Crippen LogP contribution in [0.25, 0.3) is 11.5 Å². The lowest BCUT2D eigenvalue weighted by Gasteiger charge is -2.20. The number of carboxylic acids is 1. The summed E-state index contributed by atoms with van der Waals surface area (Å²) in [6, 6.07) is 11.0. The first-order valence-corrected chi connectivity index (χ1v) is 10.7. The number of aliphatic carboxylic acids is 1. The molecule has 0 aliphatic heterocycles. The number of anilines is 2. The Kier molecular flexibility index (Phi) is 6.44. The number of nitrogens with one attached hydrogen (secondary N) is 3. The topological polar surface area (TPSA) is 116 Å². The van der Waals surface area contributed by atoms with Gasteiger partial charge in [0.05, 0.1) is 12.2 Å². The molecular weight excluding hydrogens is 418 g/mol. The highest BCUT2D eigenvalue weighted by Crippen LogP contribution is 2.24. The van der Waals surface area contributed by atoms with Gasteiger partial charge in [-0.05, 0) is 49.6 Å². The average Bonchev–Trinajstić information content (AvgIpc) is 3.46. The third kappa shape index (κ3) is 5.41. The number of aromatic nitrogens is 3. The SMILES string of the molecule is Cc1cc(C)c(NC(Cc2ccc(-c3nc(CNc4ncc[nH]4)co3)cc2)C(=O)O)c(C)c1. The molecule has 0 fully saturated rings. The predicted molar refractivity (Wildman–Crippen MR) is 127 cm³/mol. The molecule has 0 saturated carbocycles. The van der Waals surface area contributed by atoms with Gasteiger partial charge in [0, 0.05) is 30.1 Å². The second kappa shape index (κ2) is 9.60. The van der Waals surface area contributed by atoms with E-state index in [9.17, 15) is 9.90 Å². The number of oxazole rings is 1. The van der Waals surface area contributed by atoms with Crippen molar-refractivity contribution in [2.45, 2.75) is 39.8 Å². The van der Waals surface area contributed by atoms with E-state index in [-0.39, 0.29) is 0 Å². The van der Waals surface area contributed by atoms with E-state index >= 15 is 0 Å². The minimum absolute atomic E-state index is 0.353. The molecule has 0 amide bonds. The van der Waals surface area contributed by atoms with Gasteiger partial charge in [0.25, 0.3) is 0 Å². The highest BCUT2D eigenvalue weighted by atomic mass is 16.4. The van der Waals surface area contributed by atoms with Crippen LogP contribution in [0.1, 0.15) is 27.9 Å². The lowest BCUT2D eigenvalue weighted by molar-refractivity contribution is -0.137. The molecule has 0 spiro atoms. The van der Waals surface area contributed by atoms with Crippen LogP contribution in [0, 0.1) is 20.8 Å². The van der Waals surface area contributed by atoms with Crippen LogP contribution in [0.15, 0.2) is 59.5 Å². The lowest BCUT2D eigenvalue weighted by Crippen LogP contribution is -2.32. The Morgan fingerprint density at radius 2 is 1.88 bits per heavy atom.